The van der Waals surface area contributed by atoms with E-state index in [1.54, 1.807) is 18.3 Å². The number of carbonyl (C=O) groups excluding carboxylic acids is 1. The van der Waals surface area contributed by atoms with Crippen LogP contribution in [0.4, 0.5) is 0 Å². The Morgan fingerprint density at radius 3 is 2.27 bits per heavy atom. The van der Waals surface area contributed by atoms with Gasteiger partial charge in [0.05, 0.1) is 6.61 Å². The smallest absolute Gasteiger partial charge is 0.333 e. The number of rotatable bonds is 7. The molecule has 0 unspecified atom stereocenters. The zero-order valence-corrected chi connectivity index (χ0v) is 10.4. The predicted molar refractivity (Wildman–Crippen MR) is 63.7 cm³/mol. The minimum absolute atomic E-state index is 0.232. The van der Waals surface area contributed by atoms with E-state index < -0.39 is 8.32 Å². The summed E-state index contributed by atoms with van der Waals surface area (Å²) in [4.78, 5) is 11.0. The number of carbonyl (C=O) groups is 1. The summed E-state index contributed by atoms with van der Waals surface area (Å²) in [5, 5.41) is 0. The van der Waals surface area contributed by atoms with Crippen molar-refractivity contribution < 1.29 is 14.0 Å². The molecule has 0 N–H and O–H groups in total. The normalized spacial score (nSPS) is 10.5. The molecule has 84 valence electrons. The maximum absolute atomic E-state index is 11.0. The quantitative estimate of drug-likeness (QED) is 0.289. The third-order valence-corrected chi connectivity index (χ3v) is 4.34. The summed E-state index contributed by atoms with van der Waals surface area (Å²) in [6, 6.07) is 0. The molecule has 0 atom stereocenters. The average Bonchev–Trinajstić information content (AvgIpc) is 2.23. The number of hydrogen-bond donors (Lipinski definition) is 0. The third kappa shape index (κ3) is 5.34. The first-order chi connectivity index (χ1) is 6.95. The molecular weight excluding hydrogens is 208 g/mol. The van der Waals surface area contributed by atoms with Gasteiger partial charge in [-0.1, -0.05) is 18.0 Å². The summed E-state index contributed by atoms with van der Waals surface area (Å²) in [6.07, 6.45) is 0. The van der Waals surface area contributed by atoms with Gasteiger partial charge in [0.2, 0.25) is 8.32 Å². The van der Waals surface area contributed by atoms with E-state index >= 15 is 0 Å². The topological polar surface area (TPSA) is 35.5 Å². The summed E-state index contributed by atoms with van der Waals surface area (Å²) in [5.41, 5.74) is 3.95. The second-order valence-electron chi connectivity index (χ2n) is 3.36. The second-order valence-corrected chi connectivity index (χ2v) is 6.83. The minimum Gasteiger partial charge on any atom is -0.460 e. The van der Waals surface area contributed by atoms with Crippen LogP contribution in [0.5, 0.6) is 0 Å². The third-order valence-electron chi connectivity index (χ3n) is 1.89. The van der Waals surface area contributed by atoms with Gasteiger partial charge in [0.1, 0.15) is 6.61 Å². The van der Waals surface area contributed by atoms with Crippen LogP contribution in [0.2, 0.25) is 6.55 Å². The Labute approximate surface area is 92.2 Å². The lowest BCUT2D eigenvalue weighted by Crippen LogP contribution is -2.31. The molecule has 15 heavy (non-hydrogen) atoms. The van der Waals surface area contributed by atoms with Crippen LogP contribution in [0.15, 0.2) is 36.7 Å². The summed E-state index contributed by atoms with van der Waals surface area (Å²) in [6.45, 7) is 15.0. The monoisotopic (exact) mass is 226 g/mol. The predicted octanol–water partition coefficient (Wildman–Crippen LogP) is 2.15. The van der Waals surface area contributed by atoms with Crippen LogP contribution < -0.4 is 0 Å². The van der Waals surface area contributed by atoms with E-state index in [4.69, 9.17) is 9.16 Å². The standard InChI is InChI=1S/C11H18O3Si/c1-6-15(5,7-2)14-9-8-13-11(12)10(3)4/h6-7H,1-3,8-9H2,4-5H3. The molecule has 0 amide bonds. The number of ether oxygens (including phenoxy) is 1. The largest absolute Gasteiger partial charge is 0.460 e. The fourth-order valence-corrected chi connectivity index (χ4v) is 1.65. The van der Waals surface area contributed by atoms with E-state index in [-0.39, 0.29) is 12.6 Å². The first kappa shape index (κ1) is 13.9. The lowest BCUT2D eigenvalue weighted by molar-refractivity contribution is -0.139. The second kappa shape index (κ2) is 6.37. The van der Waals surface area contributed by atoms with Crippen molar-refractivity contribution in [3.63, 3.8) is 0 Å². The van der Waals surface area contributed by atoms with Crippen LogP contribution in [0.1, 0.15) is 6.92 Å². The molecule has 3 nitrogen and oxygen atoms in total. The molecule has 0 aromatic rings. The van der Waals surface area contributed by atoms with Gasteiger partial charge in [-0.3, -0.25) is 0 Å². The van der Waals surface area contributed by atoms with Gasteiger partial charge >= 0.3 is 5.97 Å². The van der Waals surface area contributed by atoms with Crippen LogP contribution in [-0.4, -0.2) is 27.5 Å². The zero-order chi connectivity index (χ0) is 11.9. The van der Waals surface area contributed by atoms with Crippen LogP contribution in [0.3, 0.4) is 0 Å². The van der Waals surface area contributed by atoms with Crippen molar-refractivity contribution in [1.82, 2.24) is 0 Å². The number of hydrogen-bond acceptors (Lipinski definition) is 3. The molecule has 0 saturated heterocycles. The van der Waals surface area contributed by atoms with Gasteiger partial charge in [-0.25, -0.2) is 4.79 Å². The minimum atomic E-state index is -1.98. The zero-order valence-electron chi connectivity index (χ0n) is 9.41. The SMILES string of the molecule is C=C[Si](C)(C=C)OCCOC(=O)C(=C)C. The molecule has 0 fully saturated rings. The van der Waals surface area contributed by atoms with Crippen molar-refractivity contribution in [1.29, 1.82) is 0 Å². The van der Waals surface area contributed by atoms with Crippen LogP contribution >= 0.6 is 0 Å². The van der Waals surface area contributed by atoms with Gasteiger partial charge in [0, 0.05) is 5.57 Å². The highest BCUT2D eigenvalue weighted by molar-refractivity contribution is 6.82. The van der Waals surface area contributed by atoms with Gasteiger partial charge in [-0.05, 0) is 13.5 Å². The van der Waals surface area contributed by atoms with Crippen LogP contribution in [0.25, 0.3) is 0 Å². The van der Waals surface area contributed by atoms with E-state index in [9.17, 15) is 4.79 Å². The molecule has 0 spiro atoms. The molecule has 0 aliphatic rings. The molecule has 0 bridgehead atoms. The highest BCUT2D eigenvalue weighted by Crippen LogP contribution is 2.06. The fraction of sp³-hybridized carbons (Fsp3) is 0.364. The molecule has 0 heterocycles. The Morgan fingerprint density at radius 2 is 1.87 bits per heavy atom. The van der Waals surface area contributed by atoms with Crippen molar-refractivity contribution >= 4 is 14.3 Å². The molecule has 0 aliphatic heterocycles. The van der Waals surface area contributed by atoms with Gasteiger partial charge in [-0.2, -0.15) is 0 Å². The fourth-order valence-electron chi connectivity index (χ4n) is 0.720. The van der Waals surface area contributed by atoms with Gasteiger partial charge in [0.15, 0.2) is 0 Å². The first-order valence-electron chi connectivity index (χ1n) is 4.69. The summed E-state index contributed by atoms with van der Waals surface area (Å²) >= 11 is 0. The summed E-state index contributed by atoms with van der Waals surface area (Å²) in [5.74, 6) is -0.390. The van der Waals surface area contributed by atoms with Crippen LogP contribution in [0, 0.1) is 0 Å². The summed E-state index contributed by atoms with van der Waals surface area (Å²) in [7, 11) is -1.98. The molecule has 0 radical (unpaired) electrons. The molecule has 0 saturated carbocycles. The van der Waals surface area contributed by atoms with Crippen molar-refractivity contribution in [3.8, 4) is 0 Å². The Morgan fingerprint density at radius 1 is 1.33 bits per heavy atom. The van der Waals surface area contributed by atoms with Crippen molar-refractivity contribution in [2.45, 2.75) is 13.5 Å². The van der Waals surface area contributed by atoms with Crippen LogP contribution in [-0.2, 0) is 14.0 Å². The Balaban J connectivity index is 3.80. The van der Waals surface area contributed by atoms with E-state index in [1.807, 2.05) is 6.55 Å². The molecule has 0 aliphatic carbocycles. The number of esters is 1. The van der Waals surface area contributed by atoms with Crippen molar-refractivity contribution in [3.05, 3.63) is 36.7 Å². The van der Waals surface area contributed by atoms with E-state index in [1.165, 1.54) is 0 Å². The van der Waals surface area contributed by atoms with E-state index in [0.29, 0.717) is 12.2 Å². The highest BCUT2D eigenvalue weighted by atomic mass is 28.4. The molecular formula is C11H18O3Si. The van der Waals surface area contributed by atoms with Gasteiger partial charge < -0.3 is 9.16 Å². The Kier molecular flexibility index (Phi) is 5.89. The van der Waals surface area contributed by atoms with E-state index in [0.717, 1.165) is 0 Å². The average molecular weight is 226 g/mol. The van der Waals surface area contributed by atoms with Crippen molar-refractivity contribution in [2.24, 2.45) is 0 Å². The molecule has 0 aromatic carbocycles. The molecule has 4 heteroatoms. The molecule has 0 rings (SSSR count). The lowest BCUT2D eigenvalue weighted by Gasteiger charge is -2.18. The maximum atomic E-state index is 11.0. The van der Waals surface area contributed by atoms with Gasteiger partial charge in [0.25, 0.3) is 0 Å². The Hall–Kier alpha value is -1.13. The van der Waals surface area contributed by atoms with E-state index in [2.05, 4.69) is 19.7 Å². The highest BCUT2D eigenvalue weighted by Gasteiger charge is 2.20. The molecule has 0 aromatic heterocycles. The van der Waals surface area contributed by atoms with Crippen molar-refractivity contribution in [2.75, 3.05) is 13.2 Å². The van der Waals surface area contributed by atoms with Gasteiger partial charge in [-0.15, -0.1) is 13.2 Å². The lowest BCUT2D eigenvalue weighted by atomic mass is 10.4. The first-order valence-corrected chi connectivity index (χ1v) is 7.25. The Bertz CT molecular complexity index is 263. The summed E-state index contributed by atoms with van der Waals surface area (Å²) < 4.78 is 10.4. The maximum Gasteiger partial charge on any atom is 0.333 e.